The molecule has 1 unspecified atom stereocenters. The zero-order valence-electron chi connectivity index (χ0n) is 12.4. The van der Waals surface area contributed by atoms with E-state index < -0.39 is 0 Å². The molecular weight excluding hydrogens is 266 g/mol. The van der Waals surface area contributed by atoms with Crippen LogP contribution in [0.3, 0.4) is 0 Å². The summed E-state index contributed by atoms with van der Waals surface area (Å²) in [5.74, 6) is 5.62. The lowest BCUT2D eigenvalue weighted by atomic mass is 10.1. The van der Waals surface area contributed by atoms with Crippen LogP contribution in [-0.2, 0) is 15.9 Å². The first-order chi connectivity index (χ1) is 10.3. The zero-order valence-corrected chi connectivity index (χ0v) is 12.4. The molecule has 5 heteroatoms. The Balaban J connectivity index is 1.87. The number of rotatable bonds is 9. The van der Waals surface area contributed by atoms with Crippen molar-refractivity contribution in [1.29, 1.82) is 0 Å². The van der Waals surface area contributed by atoms with Crippen molar-refractivity contribution in [3.8, 4) is 0 Å². The van der Waals surface area contributed by atoms with Crippen molar-refractivity contribution in [3.05, 3.63) is 42.1 Å². The normalized spacial score (nSPS) is 12.7. The van der Waals surface area contributed by atoms with Gasteiger partial charge in [0, 0.05) is 37.3 Å². The molecule has 2 aromatic rings. The number of nitrogens with two attached hydrogens (primary N) is 1. The van der Waals surface area contributed by atoms with Gasteiger partial charge in [0.05, 0.1) is 18.7 Å². The fourth-order valence-electron chi connectivity index (χ4n) is 2.19. The summed E-state index contributed by atoms with van der Waals surface area (Å²) in [6.45, 7) is 1.89. The van der Waals surface area contributed by atoms with Crippen LogP contribution in [0.4, 0.5) is 0 Å². The van der Waals surface area contributed by atoms with E-state index in [9.17, 15) is 0 Å². The molecule has 0 saturated heterocycles. The van der Waals surface area contributed by atoms with Gasteiger partial charge in [-0.2, -0.15) is 0 Å². The molecule has 0 aliphatic carbocycles. The second-order valence-electron chi connectivity index (χ2n) is 4.96. The van der Waals surface area contributed by atoms with Gasteiger partial charge in [-0.15, -0.1) is 0 Å². The van der Waals surface area contributed by atoms with Gasteiger partial charge in [0.2, 0.25) is 0 Å². The minimum absolute atomic E-state index is 0.154. The predicted octanol–water partition coefficient (Wildman–Crippen LogP) is 1.66. The molecule has 0 aliphatic rings. The quantitative estimate of drug-likeness (QED) is 0.417. The molecule has 2 rings (SSSR count). The van der Waals surface area contributed by atoms with Gasteiger partial charge in [-0.05, 0) is 18.6 Å². The van der Waals surface area contributed by atoms with E-state index in [1.54, 1.807) is 7.11 Å². The van der Waals surface area contributed by atoms with E-state index in [2.05, 4.69) is 28.6 Å². The summed E-state index contributed by atoms with van der Waals surface area (Å²) in [4.78, 5) is 4.66. The van der Waals surface area contributed by atoms with Crippen LogP contribution >= 0.6 is 0 Å². The van der Waals surface area contributed by atoms with E-state index in [0.29, 0.717) is 19.8 Å². The highest BCUT2D eigenvalue weighted by Gasteiger charge is 2.09. The van der Waals surface area contributed by atoms with Gasteiger partial charge in [-0.25, -0.2) is 0 Å². The molecule has 0 bridgehead atoms. The summed E-state index contributed by atoms with van der Waals surface area (Å²) in [5.41, 5.74) is 4.89. The zero-order chi connectivity index (χ0) is 14.9. The Morgan fingerprint density at radius 3 is 2.81 bits per heavy atom. The van der Waals surface area contributed by atoms with Crippen molar-refractivity contribution in [1.82, 2.24) is 10.4 Å². The van der Waals surface area contributed by atoms with Gasteiger partial charge in [-0.3, -0.25) is 16.3 Å². The van der Waals surface area contributed by atoms with Crippen LogP contribution in [0.5, 0.6) is 0 Å². The highest BCUT2D eigenvalue weighted by Crippen LogP contribution is 2.13. The highest BCUT2D eigenvalue weighted by molar-refractivity contribution is 5.78. The average Bonchev–Trinajstić information content (AvgIpc) is 2.53. The third-order valence-corrected chi connectivity index (χ3v) is 3.39. The van der Waals surface area contributed by atoms with Gasteiger partial charge >= 0.3 is 0 Å². The maximum absolute atomic E-state index is 5.62. The van der Waals surface area contributed by atoms with Gasteiger partial charge in [0.25, 0.3) is 0 Å². The number of benzene rings is 1. The molecule has 0 aliphatic heterocycles. The Morgan fingerprint density at radius 1 is 1.14 bits per heavy atom. The van der Waals surface area contributed by atoms with Crippen LogP contribution in [0.2, 0.25) is 0 Å². The first-order valence-electron chi connectivity index (χ1n) is 7.21. The molecule has 0 amide bonds. The van der Waals surface area contributed by atoms with E-state index in [4.69, 9.17) is 15.3 Å². The summed E-state index contributed by atoms with van der Waals surface area (Å²) in [5, 5.41) is 1.15. The molecule has 0 fully saturated rings. The first-order valence-corrected chi connectivity index (χ1v) is 7.21. The van der Waals surface area contributed by atoms with Crippen molar-refractivity contribution < 1.29 is 9.47 Å². The molecular formula is C16H23N3O2. The summed E-state index contributed by atoms with van der Waals surface area (Å²) >= 11 is 0. The third kappa shape index (κ3) is 5.06. The highest BCUT2D eigenvalue weighted by atomic mass is 16.5. The Kier molecular flexibility index (Phi) is 6.56. The van der Waals surface area contributed by atoms with Crippen LogP contribution in [0.1, 0.15) is 12.1 Å². The lowest BCUT2D eigenvalue weighted by Crippen LogP contribution is -2.38. The summed E-state index contributed by atoms with van der Waals surface area (Å²) in [6, 6.07) is 12.4. The number of nitrogens with one attached hydrogen (secondary N) is 1. The number of nitrogens with zero attached hydrogens (tertiary/aromatic N) is 1. The number of methoxy groups -OCH3 is 1. The minimum Gasteiger partial charge on any atom is -0.382 e. The Bertz CT molecular complexity index is 548. The van der Waals surface area contributed by atoms with Crippen LogP contribution in [0.25, 0.3) is 10.9 Å². The van der Waals surface area contributed by atoms with E-state index in [1.807, 2.05) is 18.2 Å². The summed E-state index contributed by atoms with van der Waals surface area (Å²) in [7, 11) is 1.67. The summed E-state index contributed by atoms with van der Waals surface area (Å²) in [6.07, 6.45) is 1.63. The number of hydrazine groups is 1. The lowest BCUT2D eigenvalue weighted by Gasteiger charge is -2.15. The number of para-hydroxylation sites is 1. The predicted molar refractivity (Wildman–Crippen MR) is 83.9 cm³/mol. The van der Waals surface area contributed by atoms with E-state index >= 15 is 0 Å². The molecule has 1 aromatic carbocycles. The van der Waals surface area contributed by atoms with Crippen LogP contribution < -0.4 is 11.3 Å². The number of ether oxygens (including phenoxy) is 2. The fraction of sp³-hybridized carbons (Fsp3) is 0.438. The summed E-state index contributed by atoms with van der Waals surface area (Å²) < 4.78 is 10.4. The van der Waals surface area contributed by atoms with Gasteiger partial charge in [0.1, 0.15) is 0 Å². The number of hydrogen-bond donors (Lipinski definition) is 2. The first kappa shape index (κ1) is 15.9. The number of aromatic nitrogens is 1. The van der Waals surface area contributed by atoms with Gasteiger partial charge < -0.3 is 9.47 Å². The second kappa shape index (κ2) is 8.69. The SMILES string of the molecule is COCCOCCC(Cc1ccc2ccccc2n1)NN. The molecule has 0 radical (unpaired) electrons. The van der Waals surface area contributed by atoms with Crippen LogP contribution in [0.15, 0.2) is 36.4 Å². The van der Waals surface area contributed by atoms with E-state index in [-0.39, 0.29) is 6.04 Å². The monoisotopic (exact) mass is 289 g/mol. The molecule has 1 heterocycles. The van der Waals surface area contributed by atoms with E-state index in [1.165, 1.54) is 0 Å². The smallest absolute Gasteiger partial charge is 0.0705 e. The van der Waals surface area contributed by atoms with Gasteiger partial charge in [-0.1, -0.05) is 24.3 Å². The third-order valence-electron chi connectivity index (χ3n) is 3.39. The molecule has 3 N–H and O–H groups in total. The Morgan fingerprint density at radius 2 is 2.00 bits per heavy atom. The van der Waals surface area contributed by atoms with Crippen molar-refractivity contribution in [2.24, 2.45) is 5.84 Å². The average molecular weight is 289 g/mol. The van der Waals surface area contributed by atoms with Crippen molar-refractivity contribution >= 4 is 10.9 Å². The molecule has 1 atom stereocenters. The van der Waals surface area contributed by atoms with Crippen LogP contribution in [0, 0.1) is 0 Å². The minimum atomic E-state index is 0.154. The Hall–Kier alpha value is -1.53. The van der Waals surface area contributed by atoms with Crippen LogP contribution in [-0.4, -0.2) is 38.0 Å². The Labute approximate surface area is 125 Å². The lowest BCUT2D eigenvalue weighted by molar-refractivity contribution is 0.0658. The van der Waals surface area contributed by atoms with Crippen molar-refractivity contribution in [2.75, 3.05) is 26.9 Å². The largest absolute Gasteiger partial charge is 0.382 e. The van der Waals surface area contributed by atoms with E-state index in [0.717, 1.165) is 29.4 Å². The molecule has 0 spiro atoms. The topological polar surface area (TPSA) is 69.4 Å². The van der Waals surface area contributed by atoms with Crippen molar-refractivity contribution in [2.45, 2.75) is 18.9 Å². The maximum atomic E-state index is 5.62. The number of fused-ring (bicyclic) bond motifs is 1. The second-order valence-corrected chi connectivity index (χ2v) is 4.96. The molecule has 5 nitrogen and oxygen atoms in total. The molecule has 0 saturated carbocycles. The van der Waals surface area contributed by atoms with Crippen molar-refractivity contribution in [3.63, 3.8) is 0 Å². The number of hydrogen-bond acceptors (Lipinski definition) is 5. The van der Waals surface area contributed by atoms with Gasteiger partial charge in [0.15, 0.2) is 0 Å². The molecule has 21 heavy (non-hydrogen) atoms. The fourth-order valence-corrected chi connectivity index (χ4v) is 2.19. The molecule has 1 aromatic heterocycles. The maximum Gasteiger partial charge on any atom is 0.0705 e. The standard InChI is InChI=1S/C16H23N3O2/c1-20-10-11-21-9-8-15(19-17)12-14-7-6-13-4-2-3-5-16(13)18-14/h2-7,15,19H,8-12,17H2,1H3. The number of pyridine rings is 1. The molecule has 114 valence electrons.